The molecule has 0 radical (unpaired) electrons. The lowest BCUT2D eigenvalue weighted by Gasteiger charge is -2.35. The highest BCUT2D eigenvalue weighted by Crippen LogP contribution is 2.33. The predicted octanol–water partition coefficient (Wildman–Crippen LogP) is 2.96. The van der Waals surface area contributed by atoms with E-state index in [1.54, 1.807) is 7.05 Å². The maximum absolute atomic E-state index is 12.1. The van der Waals surface area contributed by atoms with E-state index in [1.165, 1.54) is 5.56 Å². The molecular weight excluding hydrogens is 334 g/mol. The fourth-order valence-corrected chi connectivity index (χ4v) is 3.07. The Morgan fingerprint density at radius 2 is 2.08 bits per heavy atom. The van der Waals surface area contributed by atoms with E-state index < -0.39 is 6.10 Å². The van der Waals surface area contributed by atoms with Crippen LogP contribution in [-0.4, -0.2) is 30.7 Å². The monoisotopic (exact) mass is 355 g/mol. The molecule has 0 saturated carbocycles. The van der Waals surface area contributed by atoms with Gasteiger partial charge in [0.2, 0.25) is 0 Å². The first-order valence-corrected chi connectivity index (χ1v) is 8.68. The lowest BCUT2D eigenvalue weighted by Crippen LogP contribution is -2.51. The summed E-state index contributed by atoms with van der Waals surface area (Å²) < 4.78 is 5.81. The highest BCUT2D eigenvalue weighted by molar-refractivity contribution is 7.80. The van der Waals surface area contributed by atoms with Crippen LogP contribution in [0.15, 0.2) is 48.5 Å². The molecule has 130 valence electrons. The standard InChI is InChI=1S/C19H21N3O2S/c1-3-13-7-6-8-14(11-13)21-19(25)22-12-17(18(23)20-2)24-16-10-5-4-9-15(16)22/h4-11,17H,3,12H2,1-2H3,(H,20,23)(H,21,25)/t17-/m1/s1. The molecule has 1 aliphatic rings. The Morgan fingerprint density at radius 1 is 1.28 bits per heavy atom. The molecule has 1 heterocycles. The third-order valence-electron chi connectivity index (χ3n) is 4.14. The first kappa shape index (κ1) is 17.2. The Kier molecular flexibility index (Phi) is 5.19. The van der Waals surface area contributed by atoms with Crippen LogP contribution in [0.5, 0.6) is 5.75 Å². The number of benzene rings is 2. The number of anilines is 2. The maximum Gasteiger partial charge on any atom is 0.262 e. The van der Waals surface area contributed by atoms with E-state index in [2.05, 4.69) is 29.7 Å². The largest absolute Gasteiger partial charge is 0.477 e. The highest BCUT2D eigenvalue weighted by atomic mass is 32.1. The first-order chi connectivity index (χ1) is 12.1. The van der Waals surface area contributed by atoms with Crippen molar-refractivity contribution in [2.45, 2.75) is 19.4 Å². The summed E-state index contributed by atoms with van der Waals surface area (Å²) in [5, 5.41) is 6.45. The summed E-state index contributed by atoms with van der Waals surface area (Å²) in [5.74, 6) is 0.476. The second-order valence-corrected chi connectivity index (χ2v) is 6.17. The number of aryl methyl sites for hydroxylation is 1. The zero-order valence-corrected chi connectivity index (χ0v) is 15.1. The number of para-hydroxylation sites is 2. The molecule has 0 fully saturated rings. The molecule has 0 aliphatic carbocycles. The molecule has 0 saturated heterocycles. The third-order valence-corrected chi connectivity index (χ3v) is 4.47. The van der Waals surface area contributed by atoms with Crippen LogP contribution in [0, 0.1) is 0 Å². The molecule has 6 heteroatoms. The molecule has 25 heavy (non-hydrogen) atoms. The number of hydrogen-bond donors (Lipinski definition) is 2. The Labute approximate surface area is 153 Å². The minimum atomic E-state index is -0.610. The number of likely N-dealkylation sites (N-methyl/N-ethyl adjacent to an activating group) is 1. The quantitative estimate of drug-likeness (QED) is 0.829. The molecule has 1 aliphatic heterocycles. The molecule has 1 atom stereocenters. The highest BCUT2D eigenvalue weighted by Gasteiger charge is 2.31. The van der Waals surface area contributed by atoms with Gasteiger partial charge >= 0.3 is 0 Å². The number of fused-ring (bicyclic) bond motifs is 1. The number of ether oxygens (including phenoxy) is 1. The van der Waals surface area contributed by atoms with Crippen molar-refractivity contribution in [2.24, 2.45) is 0 Å². The number of carbonyl (C=O) groups excluding carboxylic acids is 1. The fraction of sp³-hybridized carbons (Fsp3) is 0.263. The van der Waals surface area contributed by atoms with Gasteiger partial charge < -0.3 is 20.3 Å². The second kappa shape index (κ2) is 7.53. The lowest BCUT2D eigenvalue weighted by atomic mass is 10.1. The Bertz CT molecular complexity index is 794. The molecule has 2 aromatic carbocycles. The van der Waals surface area contributed by atoms with Gasteiger partial charge in [-0.05, 0) is 48.5 Å². The number of hydrogen-bond acceptors (Lipinski definition) is 3. The van der Waals surface area contributed by atoms with Gasteiger partial charge in [0.25, 0.3) is 5.91 Å². The molecule has 0 unspecified atom stereocenters. The molecule has 5 nitrogen and oxygen atoms in total. The first-order valence-electron chi connectivity index (χ1n) is 8.27. The lowest BCUT2D eigenvalue weighted by molar-refractivity contribution is -0.127. The van der Waals surface area contributed by atoms with Crippen molar-refractivity contribution in [1.82, 2.24) is 5.32 Å². The van der Waals surface area contributed by atoms with Crippen molar-refractivity contribution >= 4 is 34.6 Å². The van der Waals surface area contributed by atoms with Crippen molar-refractivity contribution in [3.8, 4) is 5.75 Å². The second-order valence-electron chi connectivity index (χ2n) is 5.78. The van der Waals surface area contributed by atoms with Gasteiger partial charge in [0.15, 0.2) is 11.2 Å². The van der Waals surface area contributed by atoms with Gasteiger partial charge in [-0.3, -0.25) is 4.79 Å². The van der Waals surface area contributed by atoms with E-state index >= 15 is 0 Å². The molecule has 3 rings (SSSR count). The van der Waals surface area contributed by atoms with Crippen molar-refractivity contribution in [3.05, 3.63) is 54.1 Å². The molecule has 0 bridgehead atoms. The number of nitrogens with zero attached hydrogens (tertiary/aromatic N) is 1. The van der Waals surface area contributed by atoms with Gasteiger partial charge in [-0.25, -0.2) is 0 Å². The summed E-state index contributed by atoms with van der Waals surface area (Å²) in [5.41, 5.74) is 3.02. The molecular formula is C19H21N3O2S. The van der Waals surface area contributed by atoms with Gasteiger partial charge in [-0.15, -0.1) is 0 Å². The third kappa shape index (κ3) is 3.74. The van der Waals surface area contributed by atoms with Crippen LogP contribution in [0.25, 0.3) is 0 Å². The van der Waals surface area contributed by atoms with Crippen LogP contribution < -0.4 is 20.3 Å². The van der Waals surface area contributed by atoms with Crippen LogP contribution in [0.3, 0.4) is 0 Å². The number of rotatable bonds is 3. The minimum absolute atomic E-state index is 0.171. The zero-order valence-electron chi connectivity index (χ0n) is 14.3. The topological polar surface area (TPSA) is 53.6 Å². The van der Waals surface area contributed by atoms with E-state index in [9.17, 15) is 4.79 Å². The normalized spacial score (nSPS) is 15.8. The van der Waals surface area contributed by atoms with Crippen molar-refractivity contribution in [2.75, 3.05) is 23.8 Å². The Hall–Kier alpha value is -2.60. The van der Waals surface area contributed by atoms with Crippen LogP contribution in [0.2, 0.25) is 0 Å². The minimum Gasteiger partial charge on any atom is -0.477 e. The molecule has 1 amide bonds. The van der Waals surface area contributed by atoms with Crippen LogP contribution >= 0.6 is 12.2 Å². The molecule has 0 spiro atoms. The zero-order chi connectivity index (χ0) is 17.8. The van der Waals surface area contributed by atoms with E-state index in [-0.39, 0.29) is 5.91 Å². The number of amides is 1. The van der Waals surface area contributed by atoms with E-state index in [1.807, 2.05) is 41.3 Å². The summed E-state index contributed by atoms with van der Waals surface area (Å²) in [4.78, 5) is 14.0. The summed E-state index contributed by atoms with van der Waals surface area (Å²) >= 11 is 5.61. The maximum atomic E-state index is 12.1. The molecule has 2 aromatic rings. The summed E-state index contributed by atoms with van der Waals surface area (Å²) in [6.45, 7) is 2.47. The van der Waals surface area contributed by atoms with Crippen molar-refractivity contribution < 1.29 is 9.53 Å². The van der Waals surface area contributed by atoms with Crippen LogP contribution in [-0.2, 0) is 11.2 Å². The van der Waals surface area contributed by atoms with E-state index in [4.69, 9.17) is 17.0 Å². The molecule has 2 N–H and O–H groups in total. The Morgan fingerprint density at radius 3 is 2.84 bits per heavy atom. The number of carbonyl (C=O) groups is 1. The average Bonchev–Trinajstić information content (AvgIpc) is 2.66. The summed E-state index contributed by atoms with van der Waals surface area (Å²) in [7, 11) is 1.60. The number of nitrogens with one attached hydrogen (secondary N) is 2. The summed E-state index contributed by atoms with van der Waals surface area (Å²) in [6, 6.07) is 15.7. The van der Waals surface area contributed by atoms with Gasteiger partial charge in [0.05, 0.1) is 12.2 Å². The van der Waals surface area contributed by atoms with Gasteiger partial charge in [-0.2, -0.15) is 0 Å². The van der Waals surface area contributed by atoms with Crippen molar-refractivity contribution in [1.29, 1.82) is 0 Å². The molecule has 0 aromatic heterocycles. The average molecular weight is 355 g/mol. The van der Waals surface area contributed by atoms with E-state index in [0.717, 1.165) is 17.8 Å². The number of thiocarbonyl (C=S) groups is 1. The van der Waals surface area contributed by atoms with Gasteiger partial charge in [0, 0.05) is 12.7 Å². The Balaban J connectivity index is 1.86. The van der Waals surface area contributed by atoms with E-state index in [0.29, 0.717) is 17.4 Å². The van der Waals surface area contributed by atoms with Gasteiger partial charge in [0.1, 0.15) is 5.75 Å². The summed E-state index contributed by atoms with van der Waals surface area (Å²) in [6.07, 6.45) is 0.350. The van der Waals surface area contributed by atoms with Crippen LogP contribution in [0.1, 0.15) is 12.5 Å². The fourth-order valence-electron chi connectivity index (χ4n) is 2.78. The van der Waals surface area contributed by atoms with Crippen LogP contribution in [0.4, 0.5) is 11.4 Å². The van der Waals surface area contributed by atoms with Crippen molar-refractivity contribution in [3.63, 3.8) is 0 Å². The SMILES string of the molecule is CCc1cccc(NC(=S)N2C[C@H](C(=O)NC)Oc3ccccc32)c1. The smallest absolute Gasteiger partial charge is 0.262 e. The van der Waals surface area contributed by atoms with Gasteiger partial charge in [-0.1, -0.05) is 31.2 Å². The predicted molar refractivity (Wildman–Crippen MR) is 104 cm³/mol.